The van der Waals surface area contributed by atoms with Gasteiger partial charge < -0.3 is 9.80 Å². The van der Waals surface area contributed by atoms with Crippen LogP contribution >= 0.6 is 0 Å². The van der Waals surface area contributed by atoms with Crippen LogP contribution in [-0.4, -0.2) is 97.1 Å². The SMILES string of the molecule is CN1CCN(C23CC(c4ccccc4)C(C(c4ccccc4)C2)N(CCCN2CCCCC2)C3)CC1. The van der Waals surface area contributed by atoms with Crippen molar-refractivity contribution >= 4 is 0 Å². The maximum absolute atomic E-state index is 2.96. The summed E-state index contributed by atoms with van der Waals surface area (Å²) in [6.45, 7) is 11.2. The fourth-order valence-corrected chi connectivity index (χ4v) is 8.12. The van der Waals surface area contributed by atoms with Gasteiger partial charge in [0.15, 0.2) is 0 Å². The number of rotatable bonds is 7. The van der Waals surface area contributed by atoms with E-state index in [0.717, 1.165) is 0 Å². The Morgan fingerprint density at radius 2 is 1.28 bits per heavy atom. The van der Waals surface area contributed by atoms with Crippen LogP contribution in [0.25, 0.3) is 0 Å². The van der Waals surface area contributed by atoms with Gasteiger partial charge in [0.1, 0.15) is 0 Å². The molecule has 2 bridgehead atoms. The number of likely N-dealkylation sites (N-methyl/N-ethyl adjacent to an activating group) is 1. The molecule has 4 heteroatoms. The molecule has 0 amide bonds. The lowest BCUT2D eigenvalue weighted by Crippen LogP contribution is -2.71. The van der Waals surface area contributed by atoms with E-state index in [2.05, 4.69) is 87.3 Å². The molecule has 5 fully saturated rings. The van der Waals surface area contributed by atoms with Crippen LogP contribution < -0.4 is 0 Å². The van der Waals surface area contributed by atoms with Gasteiger partial charge in [-0.1, -0.05) is 67.1 Å². The fourth-order valence-electron chi connectivity index (χ4n) is 8.12. The Bertz CT molecular complexity index is 899. The minimum absolute atomic E-state index is 0.280. The predicted octanol–water partition coefficient (Wildman–Crippen LogP) is 4.89. The van der Waals surface area contributed by atoms with Crippen LogP contribution in [0.2, 0.25) is 0 Å². The summed E-state index contributed by atoms with van der Waals surface area (Å²) in [5.41, 5.74) is 3.40. The van der Waals surface area contributed by atoms with Gasteiger partial charge in [-0.2, -0.15) is 0 Å². The molecule has 7 rings (SSSR count). The molecule has 0 spiro atoms. The summed E-state index contributed by atoms with van der Waals surface area (Å²) in [4.78, 5) is 11.1. The van der Waals surface area contributed by atoms with Gasteiger partial charge in [0, 0.05) is 56.1 Å². The Hall–Kier alpha value is -1.72. The van der Waals surface area contributed by atoms with Crippen molar-refractivity contribution in [1.29, 1.82) is 0 Å². The van der Waals surface area contributed by atoms with Crippen molar-refractivity contribution in [3.05, 3.63) is 71.8 Å². The number of piperidine rings is 3. The number of likely N-dealkylation sites (tertiary alicyclic amines) is 1. The summed E-state index contributed by atoms with van der Waals surface area (Å²) in [5, 5.41) is 0. The lowest BCUT2D eigenvalue weighted by Gasteiger charge is -2.64. The molecule has 4 aliphatic heterocycles. The van der Waals surface area contributed by atoms with Crippen LogP contribution in [-0.2, 0) is 0 Å². The van der Waals surface area contributed by atoms with Crippen LogP contribution in [0.5, 0.6) is 0 Å². The van der Waals surface area contributed by atoms with Crippen molar-refractivity contribution in [2.75, 3.05) is 66.0 Å². The van der Waals surface area contributed by atoms with E-state index in [4.69, 9.17) is 0 Å². The molecule has 36 heavy (non-hydrogen) atoms. The second kappa shape index (κ2) is 10.9. The van der Waals surface area contributed by atoms with Crippen LogP contribution in [0.1, 0.15) is 61.5 Å². The Kier molecular flexibility index (Phi) is 7.48. The number of nitrogens with zero attached hydrogens (tertiary/aromatic N) is 4. The molecule has 4 saturated heterocycles. The molecule has 1 aliphatic carbocycles. The number of benzene rings is 2. The average molecular weight is 487 g/mol. The van der Waals surface area contributed by atoms with Gasteiger partial charge >= 0.3 is 0 Å². The van der Waals surface area contributed by atoms with E-state index in [9.17, 15) is 0 Å². The predicted molar refractivity (Wildman–Crippen MR) is 150 cm³/mol. The number of hydrogen-bond acceptors (Lipinski definition) is 4. The molecule has 1 saturated carbocycles. The van der Waals surface area contributed by atoms with Crippen molar-refractivity contribution < 1.29 is 0 Å². The van der Waals surface area contributed by atoms with Gasteiger partial charge in [-0.15, -0.1) is 0 Å². The van der Waals surface area contributed by atoms with Crippen LogP contribution in [0.4, 0.5) is 0 Å². The largest absolute Gasteiger partial charge is 0.304 e. The van der Waals surface area contributed by atoms with E-state index in [0.29, 0.717) is 17.9 Å². The second-order valence-corrected chi connectivity index (χ2v) is 12.2. The van der Waals surface area contributed by atoms with Crippen molar-refractivity contribution in [2.45, 2.75) is 61.9 Å². The highest BCUT2D eigenvalue weighted by molar-refractivity contribution is 5.34. The first-order chi connectivity index (χ1) is 17.7. The molecule has 0 aromatic heterocycles. The highest BCUT2D eigenvalue weighted by Gasteiger charge is 2.57. The normalized spacial score (nSPS) is 32.6. The molecule has 0 N–H and O–H groups in total. The summed E-state index contributed by atoms with van der Waals surface area (Å²) in [6, 6.07) is 23.7. The summed E-state index contributed by atoms with van der Waals surface area (Å²) >= 11 is 0. The molecular formula is C32H46N4. The lowest BCUT2D eigenvalue weighted by atomic mass is 9.59. The molecule has 2 aromatic carbocycles. The zero-order chi connectivity index (χ0) is 24.4. The average Bonchev–Trinajstić information content (AvgIpc) is 2.95. The smallest absolute Gasteiger partial charge is 0.0350 e. The maximum atomic E-state index is 2.96. The van der Waals surface area contributed by atoms with Gasteiger partial charge in [0.25, 0.3) is 0 Å². The van der Waals surface area contributed by atoms with E-state index >= 15 is 0 Å². The summed E-state index contributed by atoms with van der Waals surface area (Å²) in [7, 11) is 2.29. The van der Waals surface area contributed by atoms with Crippen molar-refractivity contribution in [3.8, 4) is 0 Å². The van der Waals surface area contributed by atoms with Gasteiger partial charge in [-0.25, -0.2) is 0 Å². The Morgan fingerprint density at radius 3 is 1.86 bits per heavy atom. The highest BCUT2D eigenvalue weighted by atomic mass is 15.3. The van der Waals surface area contributed by atoms with Gasteiger partial charge in [-0.3, -0.25) is 9.80 Å². The topological polar surface area (TPSA) is 13.0 Å². The summed E-state index contributed by atoms with van der Waals surface area (Å²) in [5.74, 6) is 1.21. The third-order valence-electron chi connectivity index (χ3n) is 9.94. The summed E-state index contributed by atoms with van der Waals surface area (Å²) in [6.07, 6.45) is 8.15. The lowest BCUT2D eigenvalue weighted by molar-refractivity contribution is -0.0971. The first-order valence-corrected chi connectivity index (χ1v) is 14.7. The third-order valence-corrected chi connectivity index (χ3v) is 9.94. The standard InChI is InChI=1S/C32H46N4/c1-33-20-22-36(23-21-33)32-24-29(27-12-5-2-6-13-27)31(30(25-32)28-14-7-3-8-15-28)35(26-32)19-11-18-34-16-9-4-10-17-34/h2-3,5-8,12-15,29-31H,4,9-11,16-26H2,1H3. The molecule has 4 nitrogen and oxygen atoms in total. The molecular weight excluding hydrogens is 440 g/mol. The van der Waals surface area contributed by atoms with Crippen LogP contribution in [0.3, 0.4) is 0 Å². The molecule has 2 atom stereocenters. The van der Waals surface area contributed by atoms with Gasteiger partial charge in [0.2, 0.25) is 0 Å². The number of hydrogen-bond donors (Lipinski definition) is 0. The molecule has 194 valence electrons. The van der Waals surface area contributed by atoms with E-state index in [1.54, 1.807) is 11.1 Å². The van der Waals surface area contributed by atoms with Crippen molar-refractivity contribution in [1.82, 2.24) is 19.6 Å². The number of piperazine rings is 1. The molecule has 2 unspecified atom stereocenters. The quantitative estimate of drug-likeness (QED) is 0.552. The molecule has 5 aliphatic rings. The minimum Gasteiger partial charge on any atom is -0.304 e. The van der Waals surface area contributed by atoms with Gasteiger partial charge in [0.05, 0.1) is 0 Å². The first-order valence-electron chi connectivity index (χ1n) is 14.7. The second-order valence-electron chi connectivity index (χ2n) is 12.2. The molecule has 4 heterocycles. The van der Waals surface area contributed by atoms with Crippen LogP contribution in [0, 0.1) is 0 Å². The maximum Gasteiger partial charge on any atom is 0.0350 e. The monoisotopic (exact) mass is 486 g/mol. The third kappa shape index (κ3) is 5.03. The van der Waals surface area contributed by atoms with Crippen molar-refractivity contribution in [3.63, 3.8) is 0 Å². The van der Waals surface area contributed by atoms with Crippen LogP contribution in [0.15, 0.2) is 60.7 Å². The highest BCUT2D eigenvalue weighted by Crippen LogP contribution is 2.55. The Labute approximate surface area is 219 Å². The van der Waals surface area contributed by atoms with Gasteiger partial charge in [-0.05, 0) is 76.5 Å². The first kappa shape index (κ1) is 24.6. The number of fused-ring (bicyclic) bond motifs is 3. The van der Waals surface area contributed by atoms with E-state index in [1.807, 2.05) is 0 Å². The van der Waals surface area contributed by atoms with E-state index < -0.39 is 0 Å². The zero-order valence-corrected chi connectivity index (χ0v) is 22.4. The zero-order valence-electron chi connectivity index (χ0n) is 22.4. The molecule has 0 radical (unpaired) electrons. The Balaban J connectivity index is 1.32. The summed E-state index contributed by atoms with van der Waals surface area (Å²) < 4.78 is 0. The molecule has 2 aromatic rings. The van der Waals surface area contributed by atoms with E-state index in [1.165, 1.54) is 97.4 Å². The van der Waals surface area contributed by atoms with E-state index in [-0.39, 0.29) is 5.54 Å². The Morgan fingerprint density at radius 1 is 0.694 bits per heavy atom. The van der Waals surface area contributed by atoms with Crippen molar-refractivity contribution in [2.24, 2.45) is 0 Å². The fraction of sp³-hybridized carbons (Fsp3) is 0.625. The minimum atomic E-state index is 0.280.